The van der Waals surface area contributed by atoms with E-state index in [-0.39, 0.29) is 17.6 Å². The van der Waals surface area contributed by atoms with Gasteiger partial charge in [-0.2, -0.15) is 0 Å². The molecule has 0 fully saturated rings. The molecule has 0 aliphatic carbocycles. The second-order valence-corrected chi connectivity index (χ2v) is 3.62. The Morgan fingerprint density at radius 1 is 1.53 bits per heavy atom. The number of nitrogens with one attached hydrogen (secondary N) is 1. The molecule has 3 nitrogen and oxygen atoms in total. The largest absolute Gasteiger partial charge is 0.508 e. The van der Waals surface area contributed by atoms with Gasteiger partial charge in [-0.05, 0) is 23.6 Å². The lowest BCUT2D eigenvalue weighted by molar-refractivity contribution is -0.111. The molecule has 15 heavy (non-hydrogen) atoms. The van der Waals surface area contributed by atoms with E-state index < -0.39 is 0 Å². The van der Waals surface area contributed by atoms with Crippen LogP contribution >= 0.6 is 0 Å². The number of amides is 1. The number of aromatic hydroxyl groups is 1. The fourth-order valence-electron chi connectivity index (χ4n) is 1.34. The molecule has 1 rings (SSSR count). The molecule has 0 unspecified atom stereocenters. The molecule has 0 spiro atoms. The van der Waals surface area contributed by atoms with Crippen molar-refractivity contribution in [2.75, 3.05) is 5.32 Å². The number of hydrogen-bond donors (Lipinski definition) is 2. The first kappa shape index (κ1) is 11.3. The van der Waals surface area contributed by atoms with Gasteiger partial charge in [-0.15, -0.1) is 0 Å². The standard InChI is InChI=1S/C12H15NO2/c1-4-12(15)13-11-7-9(14)5-6-10(11)8(2)3/h4-8,14H,1H2,2-3H3,(H,13,15). The third-order valence-electron chi connectivity index (χ3n) is 2.10. The normalized spacial score (nSPS) is 10.1. The highest BCUT2D eigenvalue weighted by Gasteiger charge is 2.08. The number of carbonyl (C=O) groups is 1. The monoisotopic (exact) mass is 205 g/mol. The Kier molecular flexibility index (Phi) is 3.50. The Hall–Kier alpha value is -1.77. The first-order valence-electron chi connectivity index (χ1n) is 4.81. The number of anilines is 1. The SMILES string of the molecule is C=CC(=O)Nc1cc(O)ccc1C(C)C. The average Bonchev–Trinajstić information content (AvgIpc) is 2.17. The number of carbonyl (C=O) groups excluding carboxylic acids is 1. The summed E-state index contributed by atoms with van der Waals surface area (Å²) in [7, 11) is 0. The number of benzene rings is 1. The third kappa shape index (κ3) is 2.84. The van der Waals surface area contributed by atoms with Crippen molar-refractivity contribution in [3.63, 3.8) is 0 Å². The van der Waals surface area contributed by atoms with Crippen LogP contribution in [0.3, 0.4) is 0 Å². The summed E-state index contributed by atoms with van der Waals surface area (Å²) in [5.41, 5.74) is 1.62. The smallest absolute Gasteiger partial charge is 0.247 e. The molecule has 0 atom stereocenters. The van der Waals surface area contributed by atoms with E-state index in [4.69, 9.17) is 0 Å². The minimum absolute atomic E-state index is 0.138. The number of hydrogen-bond acceptors (Lipinski definition) is 2. The summed E-state index contributed by atoms with van der Waals surface area (Å²) in [4.78, 5) is 11.2. The minimum Gasteiger partial charge on any atom is -0.508 e. The summed E-state index contributed by atoms with van der Waals surface area (Å²) in [6.45, 7) is 7.43. The van der Waals surface area contributed by atoms with Crippen molar-refractivity contribution in [2.45, 2.75) is 19.8 Å². The van der Waals surface area contributed by atoms with Crippen molar-refractivity contribution < 1.29 is 9.90 Å². The highest BCUT2D eigenvalue weighted by Crippen LogP contribution is 2.27. The molecule has 0 saturated carbocycles. The average molecular weight is 205 g/mol. The van der Waals surface area contributed by atoms with E-state index in [1.54, 1.807) is 12.1 Å². The fraction of sp³-hybridized carbons (Fsp3) is 0.250. The van der Waals surface area contributed by atoms with E-state index in [1.165, 1.54) is 12.1 Å². The van der Waals surface area contributed by atoms with Crippen LogP contribution in [-0.4, -0.2) is 11.0 Å². The van der Waals surface area contributed by atoms with Crippen molar-refractivity contribution in [1.82, 2.24) is 0 Å². The van der Waals surface area contributed by atoms with Gasteiger partial charge in [-0.3, -0.25) is 4.79 Å². The van der Waals surface area contributed by atoms with E-state index in [0.29, 0.717) is 5.69 Å². The van der Waals surface area contributed by atoms with E-state index in [0.717, 1.165) is 5.56 Å². The lowest BCUT2D eigenvalue weighted by Crippen LogP contribution is -2.09. The zero-order valence-corrected chi connectivity index (χ0v) is 8.95. The van der Waals surface area contributed by atoms with Gasteiger partial charge < -0.3 is 10.4 Å². The number of rotatable bonds is 3. The molecule has 1 aromatic carbocycles. The van der Waals surface area contributed by atoms with E-state index in [2.05, 4.69) is 11.9 Å². The van der Waals surface area contributed by atoms with Crippen LogP contribution in [0, 0.1) is 0 Å². The number of phenols is 1. The highest BCUT2D eigenvalue weighted by atomic mass is 16.3. The summed E-state index contributed by atoms with van der Waals surface area (Å²) >= 11 is 0. The maximum atomic E-state index is 11.2. The molecule has 0 aliphatic heterocycles. The summed E-state index contributed by atoms with van der Waals surface area (Å²) in [6, 6.07) is 4.95. The first-order valence-corrected chi connectivity index (χ1v) is 4.81. The molecule has 0 saturated heterocycles. The molecule has 2 N–H and O–H groups in total. The maximum absolute atomic E-state index is 11.2. The molecule has 80 valence electrons. The van der Waals surface area contributed by atoms with Crippen LogP contribution in [0.25, 0.3) is 0 Å². The highest BCUT2D eigenvalue weighted by molar-refractivity contribution is 5.99. The molecule has 1 amide bonds. The van der Waals surface area contributed by atoms with Crippen molar-refractivity contribution in [1.29, 1.82) is 0 Å². The topological polar surface area (TPSA) is 49.3 Å². The van der Waals surface area contributed by atoms with Crippen molar-refractivity contribution in [3.05, 3.63) is 36.4 Å². The Bertz CT molecular complexity index is 383. The third-order valence-corrected chi connectivity index (χ3v) is 2.10. The van der Waals surface area contributed by atoms with Gasteiger partial charge in [-0.1, -0.05) is 26.5 Å². The Morgan fingerprint density at radius 2 is 2.20 bits per heavy atom. The van der Waals surface area contributed by atoms with Gasteiger partial charge in [-0.25, -0.2) is 0 Å². The molecule has 1 aromatic rings. The summed E-state index contributed by atoms with van der Waals surface area (Å²) in [6.07, 6.45) is 1.20. The minimum atomic E-state index is -0.275. The van der Waals surface area contributed by atoms with Crippen LogP contribution in [0.1, 0.15) is 25.3 Å². The van der Waals surface area contributed by atoms with Gasteiger partial charge >= 0.3 is 0 Å². The molecular formula is C12H15NO2. The molecule has 0 bridgehead atoms. The van der Waals surface area contributed by atoms with Gasteiger partial charge in [0.25, 0.3) is 0 Å². The van der Waals surface area contributed by atoms with Crippen molar-refractivity contribution in [3.8, 4) is 5.75 Å². The second-order valence-electron chi connectivity index (χ2n) is 3.62. The Balaban J connectivity index is 3.07. The second kappa shape index (κ2) is 4.64. The first-order chi connectivity index (χ1) is 7.04. The van der Waals surface area contributed by atoms with E-state index >= 15 is 0 Å². The summed E-state index contributed by atoms with van der Waals surface area (Å²) in [5, 5.41) is 12.0. The summed E-state index contributed by atoms with van der Waals surface area (Å²) < 4.78 is 0. The molecule has 0 aliphatic rings. The van der Waals surface area contributed by atoms with Gasteiger partial charge in [0.15, 0.2) is 0 Å². The summed E-state index contributed by atoms with van der Waals surface area (Å²) in [5.74, 6) is 0.145. The molecular weight excluding hydrogens is 190 g/mol. The lowest BCUT2D eigenvalue weighted by atomic mass is 10.0. The lowest BCUT2D eigenvalue weighted by Gasteiger charge is -2.13. The van der Waals surface area contributed by atoms with Gasteiger partial charge in [0.2, 0.25) is 5.91 Å². The molecule has 0 heterocycles. The fourth-order valence-corrected chi connectivity index (χ4v) is 1.34. The van der Waals surface area contributed by atoms with E-state index in [1.807, 2.05) is 13.8 Å². The van der Waals surface area contributed by atoms with Crippen LogP contribution in [0.15, 0.2) is 30.9 Å². The Labute approximate surface area is 89.4 Å². The van der Waals surface area contributed by atoms with Gasteiger partial charge in [0, 0.05) is 11.8 Å². The van der Waals surface area contributed by atoms with Gasteiger partial charge in [0.1, 0.15) is 5.75 Å². The van der Waals surface area contributed by atoms with Crippen LogP contribution < -0.4 is 5.32 Å². The van der Waals surface area contributed by atoms with Crippen LogP contribution in [0.4, 0.5) is 5.69 Å². The zero-order chi connectivity index (χ0) is 11.4. The van der Waals surface area contributed by atoms with Crippen molar-refractivity contribution in [2.24, 2.45) is 0 Å². The number of phenolic OH excluding ortho intramolecular Hbond substituents is 1. The van der Waals surface area contributed by atoms with Crippen LogP contribution in [0.2, 0.25) is 0 Å². The van der Waals surface area contributed by atoms with E-state index in [9.17, 15) is 9.90 Å². The van der Waals surface area contributed by atoms with Crippen molar-refractivity contribution >= 4 is 11.6 Å². The maximum Gasteiger partial charge on any atom is 0.247 e. The predicted octanol–water partition coefficient (Wildman–Crippen LogP) is 2.64. The Morgan fingerprint density at radius 3 is 2.73 bits per heavy atom. The predicted molar refractivity (Wildman–Crippen MR) is 61.0 cm³/mol. The molecule has 0 aromatic heterocycles. The van der Waals surface area contributed by atoms with Crippen LogP contribution in [-0.2, 0) is 4.79 Å². The van der Waals surface area contributed by atoms with Crippen LogP contribution in [0.5, 0.6) is 5.75 Å². The zero-order valence-electron chi connectivity index (χ0n) is 8.95. The quantitative estimate of drug-likeness (QED) is 0.745. The van der Waals surface area contributed by atoms with Gasteiger partial charge in [0.05, 0.1) is 0 Å². The molecule has 3 heteroatoms. The molecule has 0 radical (unpaired) electrons.